The van der Waals surface area contributed by atoms with Gasteiger partial charge in [-0.05, 0) is 48.9 Å². The van der Waals surface area contributed by atoms with Crippen molar-refractivity contribution in [3.8, 4) is 5.75 Å². The Bertz CT molecular complexity index is 400. The Morgan fingerprint density at radius 3 is 2.72 bits per heavy atom. The van der Waals surface area contributed by atoms with Crippen LogP contribution in [0.3, 0.4) is 0 Å². The van der Waals surface area contributed by atoms with Crippen LogP contribution >= 0.6 is 0 Å². The molecule has 0 bridgehead atoms. The molecule has 1 aliphatic rings. The second-order valence-corrected chi connectivity index (χ2v) is 6.35. The minimum absolute atomic E-state index is 0.131. The molecule has 2 rings (SSSR count). The Balaban J connectivity index is 2.12. The second kappa shape index (κ2) is 5.31. The SMILES string of the molecule is Cc1ccc(C(C)(C)C)c(OCC2CCCN2)c1. The third-order valence-electron chi connectivity index (χ3n) is 3.55. The maximum absolute atomic E-state index is 6.07. The molecule has 18 heavy (non-hydrogen) atoms. The molecule has 1 aromatic rings. The summed E-state index contributed by atoms with van der Waals surface area (Å²) < 4.78 is 6.07. The van der Waals surface area contributed by atoms with E-state index in [1.54, 1.807) is 0 Å². The Hall–Kier alpha value is -1.02. The molecular formula is C16H25NO. The molecule has 0 aliphatic carbocycles. The normalized spacial score (nSPS) is 20.1. The number of aryl methyl sites for hydroxylation is 1. The van der Waals surface area contributed by atoms with Crippen LogP contribution in [0.15, 0.2) is 18.2 Å². The Labute approximate surface area is 111 Å². The molecule has 1 N–H and O–H groups in total. The first-order valence-corrected chi connectivity index (χ1v) is 6.94. The Kier molecular flexibility index (Phi) is 3.96. The van der Waals surface area contributed by atoms with E-state index in [9.17, 15) is 0 Å². The zero-order valence-electron chi connectivity index (χ0n) is 12.0. The van der Waals surface area contributed by atoms with Gasteiger partial charge in [0.05, 0.1) is 0 Å². The van der Waals surface area contributed by atoms with Gasteiger partial charge in [-0.25, -0.2) is 0 Å². The molecule has 1 fully saturated rings. The number of hydrogen-bond donors (Lipinski definition) is 1. The zero-order valence-corrected chi connectivity index (χ0v) is 12.0. The molecule has 1 heterocycles. The zero-order chi connectivity index (χ0) is 13.2. The first-order chi connectivity index (χ1) is 8.47. The summed E-state index contributed by atoms with van der Waals surface area (Å²) in [6, 6.07) is 7.06. The summed E-state index contributed by atoms with van der Waals surface area (Å²) in [6.07, 6.45) is 2.50. The standard InChI is InChI=1S/C16H25NO/c1-12-7-8-14(16(2,3)4)15(10-12)18-11-13-6-5-9-17-13/h7-8,10,13,17H,5-6,9,11H2,1-4H3. The van der Waals surface area contributed by atoms with E-state index < -0.39 is 0 Å². The van der Waals surface area contributed by atoms with Crippen LogP contribution in [-0.2, 0) is 5.41 Å². The van der Waals surface area contributed by atoms with Crippen molar-refractivity contribution in [3.05, 3.63) is 29.3 Å². The summed E-state index contributed by atoms with van der Waals surface area (Å²) in [7, 11) is 0. The highest BCUT2D eigenvalue weighted by Crippen LogP contribution is 2.32. The molecule has 1 unspecified atom stereocenters. The molecule has 2 heteroatoms. The smallest absolute Gasteiger partial charge is 0.123 e. The summed E-state index contributed by atoms with van der Waals surface area (Å²) in [5.74, 6) is 1.05. The molecule has 1 aliphatic heterocycles. The van der Waals surface area contributed by atoms with E-state index in [4.69, 9.17) is 4.74 Å². The predicted octanol–water partition coefficient (Wildman–Crippen LogP) is 3.42. The lowest BCUT2D eigenvalue weighted by atomic mass is 9.86. The van der Waals surface area contributed by atoms with Crippen LogP contribution in [0.25, 0.3) is 0 Å². The van der Waals surface area contributed by atoms with Crippen molar-refractivity contribution in [2.75, 3.05) is 13.2 Å². The minimum Gasteiger partial charge on any atom is -0.492 e. The van der Waals surface area contributed by atoms with Gasteiger partial charge in [0.2, 0.25) is 0 Å². The molecule has 0 aromatic heterocycles. The van der Waals surface area contributed by atoms with Crippen molar-refractivity contribution in [3.63, 3.8) is 0 Å². The first-order valence-electron chi connectivity index (χ1n) is 6.94. The molecule has 0 radical (unpaired) electrons. The van der Waals surface area contributed by atoms with Crippen molar-refractivity contribution < 1.29 is 4.74 Å². The summed E-state index contributed by atoms with van der Waals surface area (Å²) in [5, 5.41) is 3.47. The predicted molar refractivity (Wildman–Crippen MR) is 76.4 cm³/mol. The molecule has 1 saturated heterocycles. The van der Waals surface area contributed by atoms with Crippen LogP contribution < -0.4 is 10.1 Å². The van der Waals surface area contributed by atoms with Gasteiger partial charge in [0, 0.05) is 6.04 Å². The van der Waals surface area contributed by atoms with Crippen molar-refractivity contribution in [2.24, 2.45) is 0 Å². The van der Waals surface area contributed by atoms with Crippen LogP contribution in [0, 0.1) is 6.92 Å². The molecule has 100 valence electrons. The second-order valence-electron chi connectivity index (χ2n) is 6.35. The summed E-state index contributed by atoms with van der Waals surface area (Å²) in [4.78, 5) is 0. The lowest BCUT2D eigenvalue weighted by molar-refractivity contribution is 0.271. The topological polar surface area (TPSA) is 21.3 Å². The van der Waals surface area contributed by atoms with Gasteiger partial charge in [-0.2, -0.15) is 0 Å². The van der Waals surface area contributed by atoms with E-state index >= 15 is 0 Å². The number of hydrogen-bond acceptors (Lipinski definition) is 2. The summed E-state index contributed by atoms with van der Waals surface area (Å²) >= 11 is 0. The maximum atomic E-state index is 6.07. The van der Waals surface area contributed by atoms with E-state index in [0.29, 0.717) is 6.04 Å². The number of ether oxygens (including phenoxy) is 1. The fourth-order valence-corrected chi connectivity index (χ4v) is 2.46. The van der Waals surface area contributed by atoms with Crippen LogP contribution in [0.2, 0.25) is 0 Å². The lowest BCUT2D eigenvalue weighted by Crippen LogP contribution is -2.28. The van der Waals surface area contributed by atoms with Gasteiger partial charge >= 0.3 is 0 Å². The maximum Gasteiger partial charge on any atom is 0.123 e. The summed E-state index contributed by atoms with van der Waals surface area (Å²) in [6.45, 7) is 10.7. The van der Waals surface area contributed by atoms with E-state index in [0.717, 1.165) is 18.9 Å². The minimum atomic E-state index is 0.131. The Morgan fingerprint density at radius 1 is 1.33 bits per heavy atom. The molecule has 0 spiro atoms. The Morgan fingerprint density at radius 2 is 2.11 bits per heavy atom. The van der Waals surface area contributed by atoms with Crippen molar-refractivity contribution in [1.29, 1.82) is 0 Å². The van der Waals surface area contributed by atoms with Gasteiger partial charge in [-0.15, -0.1) is 0 Å². The fourth-order valence-electron chi connectivity index (χ4n) is 2.46. The van der Waals surface area contributed by atoms with Crippen LogP contribution in [0.5, 0.6) is 5.75 Å². The van der Waals surface area contributed by atoms with Gasteiger partial charge < -0.3 is 10.1 Å². The average molecular weight is 247 g/mol. The first kappa shape index (κ1) is 13.4. The molecular weight excluding hydrogens is 222 g/mol. The molecule has 0 amide bonds. The molecule has 1 aromatic carbocycles. The van der Waals surface area contributed by atoms with Crippen molar-refractivity contribution >= 4 is 0 Å². The quantitative estimate of drug-likeness (QED) is 0.883. The van der Waals surface area contributed by atoms with Gasteiger partial charge in [0.15, 0.2) is 0 Å². The van der Waals surface area contributed by atoms with Crippen LogP contribution in [0.4, 0.5) is 0 Å². The number of benzene rings is 1. The van der Waals surface area contributed by atoms with Gasteiger partial charge in [-0.3, -0.25) is 0 Å². The lowest BCUT2D eigenvalue weighted by Gasteiger charge is -2.24. The monoisotopic (exact) mass is 247 g/mol. The van der Waals surface area contributed by atoms with E-state index in [-0.39, 0.29) is 5.41 Å². The van der Waals surface area contributed by atoms with E-state index in [1.807, 2.05) is 0 Å². The van der Waals surface area contributed by atoms with Gasteiger partial charge in [0.1, 0.15) is 12.4 Å². The molecule has 1 atom stereocenters. The van der Waals surface area contributed by atoms with E-state index in [2.05, 4.69) is 51.2 Å². The van der Waals surface area contributed by atoms with Crippen LogP contribution in [0.1, 0.15) is 44.7 Å². The largest absolute Gasteiger partial charge is 0.492 e. The van der Waals surface area contributed by atoms with Crippen molar-refractivity contribution in [1.82, 2.24) is 5.32 Å². The van der Waals surface area contributed by atoms with E-state index in [1.165, 1.54) is 24.0 Å². The third-order valence-corrected chi connectivity index (χ3v) is 3.55. The average Bonchev–Trinajstić information content (AvgIpc) is 2.77. The highest BCUT2D eigenvalue weighted by Gasteiger charge is 2.20. The molecule has 2 nitrogen and oxygen atoms in total. The number of rotatable bonds is 3. The fraction of sp³-hybridized carbons (Fsp3) is 0.625. The summed E-state index contributed by atoms with van der Waals surface area (Å²) in [5.41, 5.74) is 2.69. The van der Waals surface area contributed by atoms with Crippen LogP contribution in [-0.4, -0.2) is 19.2 Å². The van der Waals surface area contributed by atoms with Crippen molar-refractivity contribution in [2.45, 2.75) is 52.0 Å². The number of nitrogens with one attached hydrogen (secondary N) is 1. The van der Waals surface area contributed by atoms with Gasteiger partial charge in [0.25, 0.3) is 0 Å². The highest BCUT2D eigenvalue weighted by atomic mass is 16.5. The molecule has 0 saturated carbocycles. The third kappa shape index (κ3) is 3.26. The highest BCUT2D eigenvalue weighted by molar-refractivity contribution is 5.41. The van der Waals surface area contributed by atoms with Gasteiger partial charge in [-0.1, -0.05) is 32.9 Å².